The number of carbonyl (C=O) groups excluding carboxylic acids is 1. The number of phenols is 1. The minimum atomic E-state index is -0.540. The van der Waals surface area contributed by atoms with E-state index >= 15 is 0 Å². The first-order valence-corrected chi connectivity index (χ1v) is 10.4. The van der Waals surface area contributed by atoms with E-state index in [0.717, 1.165) is 22.4 Å². The molecule has 1 atom stereocenters. The Labute approximate surface area is 182 Å². The van der Waals surface area contributed by atoms with Crippen LogP contribution in [0.25, 0.3) is 6.08 Å². The largest absolute Gasteiger partial charge is 0.508 e. The fraction of sp³-hybridized carbons (Fsp3) is 0.231. The van der Waals surface area contributed by atoms with Crippen molar-refractivity contribution in [1.82, 2.24) is 9.88 Å². The molecule has 5 heteroatoms. The maximum absolute atomic E-state index is 13.6. The van der Waals surface area contributed by atoms with Crippen molar-refractivity contribution in [2.24, 2.45) is 5.41 Å². The molecule has 0 radical (unpaired) electrons. The maximum Gasteiger partial charge on any atom is 0.167 e. The lowest BCUT2D eigenvalue weighted by molar-refractivity contribution is -0.128. The van der Waals surface area contributed by atoms with Gasteiger partial charge < -0.3 is 10.8 Å². The molecule has 31 heavy (non-hydrogen) atoms. The number of piperidine rings is 1. The van der Waals surface area contributed by atoms with Crippen LogP contribution in [-0.4, -0.2) is 27.3 Å². The zero-order chi connectivity index (χ0) is 22.0. The average Bonchev–Trinajstić information content (AvgIpc) is 2.75. The van der Waals surface area contributed by atoms with Gasteiger partial charge >= 0.3 is 0 Å². The van der Waals surface area contributed by atoms with Crippen LogP contribution in [-0.2, 0) is 11.3 Å². The zero-order valence-electron chi connectivity index (χ0n) is 17.8. The van der Waals surface area contributed by atoms with Crippen molar-refractivity contribution < 1.29 is 9.90 Å². The Morgan fingerprint density at radius 3 is 2.45 bits per heavy atom. The number of anilines is 1. The average molecular weight is 414 g/mol. The van der Waals surface area contributed by atoms with Gasteiger partial charge in [-0.15, -0.1) is 0 Å². The lowest BCUT2D eigenvalue weighted by atomic mass is 9.74. The lowest BCUT2D eigenvalue weighted by Gasteiger charge is -2.44. The van der Waals surface area contributed by atoms with Crippen LogP contribution < -0.4 is 5.73 Å². The van der Waals surface area contributed by atoms with E-state index in [1.165, 1.54) is 0 Å². The molecule has 4 rings (SSSR count). The fourth-order valence-corrected chi connectivity index (χ4v) is 4.20. The van der Waals surface area contributed by atoms with E-state index in [-0.39, 0.29) is 17.6 Å². The van der Waals surface area contributed by atoms with Gasteiger partial charge in [-0.05, 0) is 53.6 Å². The van der Waals surface area contributed by atoms with Crippen molar-refractivity contribution in [3.05, 3.63) is 95.3 Å². The summed E-state index contributed by atoms with van der Waals surface area (Å²) in [5, 5.41) is 9.66. The second-order valence-electron chi connectivity index (χ2n) is 8.71. The van der Waals surface area contributed by atoms with Gasteiger partial charge in [0.05, 0.1) is 11.7 Å². The van der Waals surface area contributed by atoms with E-state index in [0.29, 0.717) is 18.8 Å². The Hall–Kier alpha value is -3.44. The highest BCUT2D eigenvalue weighted by molar-refractivity contribution is 6.05. The van der Waals surface area contributed by atoms with E-state index in [1.54, 1.807) is 18.3 Å². The summed E-state index contributed by atoms with van der Waals surface area (Å²) in [5.74, 6) is 0.366. The summed E-state index contributed by atoms with van der Waals surface area (Å²) in [5.41, 5.74) is 9.64. The minimum absolute atomic E-state index is 0.127. The molecule has 1 aliphatic rings. The van der Waals surface area contributed by atoms with Crippen LogP contribution in [0.4, 0.5) is 5.69 Å². The number of hydrogen-bond donors (Lipinski definition) is 2. The summed E-state index contributed by atoms with van der Waals surface area (Å²) in [6.07, 6.45) is 3.64. The second kappa shape index (κ2) is 8.36. The number of nitrogens with zero attached hydrogens (tertiary/aromatic N) is 2. The van der Waals surface area contributed by atoms with Crippen LogP contribution in [0.5, 0.6) is 5.75 Å². The number of likely N-dealkylation sites (tertiary alicyclic amines) is 1. The van der Waals surface area contributed by atoms with E-state index in [9.17, 15) is 9.90 Å². The number of ketones is 1. The molecule has 1 fully saturated rings. The number of nitrogens with two attached hydrogens (primary N) is 1. The molecule has 3 N–H and O–H groups in total. The van der Waals surface area contributed by atoms with Crippen LogP contribution >= 0.6 is 0 Å². The third kappa shape index (κ3) is 4.52. The summed E-state index contributed by atoms with van der Waals surface area (Å²) in [6, 6.07) is 20.4. The number of Topliss-reactive ketones (excluding diaryl/α,β-unsaturated/α-hetero) is 1. The van der Waals surface area contributed by atoms with Crippen molar-refractivity contribution >= 4 is 17.5 Å². The van der Waals surface area contributed by atoms with Crippen molar-refractivity contribution in [1.29, 1.82) is 0 Å². The van der Waals surface area contributed by atoms with Gasteiger partial charge in [0.25, 0.3) is 0 Å². The van der Waals surface area contributed by atoms with Gasteiger partial charge in [-0.2, -0.15) is 0 Å². The Kier molecular flexibility index (Phi) is 5.61. The van der Waals surface area contributed by atoms with Gasteiger partial charge in [0.2, 0.25) is 0 Å². The minimum Gasteiger partial charge on any atom is -0.508 e. The van der Waals surface area contributed by atoms with Crippen LogP contribution in [0.2, 0.25) is 0 Å². The zero-order valence-corrected chi connectivity index (χ0v) is 17.8. The highest BCUT2D eigenvalue weighted by Gasteiger charge is 2.43. The molecule has 2 heterocycles. The molecule has 1 unspecified atom stereocenters. The smallest absolute Gasteiger partial charge is 0.167 e. The molecular formula is C26H27N3O2. The molecular weight excluding hydrogens is 386 g/mol. The van der Waals surface area contributed by atoms with Crippen molar-refractivity contribution in [2.75, 3.05) is 12.3 Å². The van der Waals surface area contributed by atoms with Gasteiger partial charge in [-0.3, -0.25) is 14.7 Å². The number of aromatic hydroxyl groups is 1. The monoisotopic (exact) mass is 413 g/mol. The van der Waals surface area contributed by atoms with Crippen molar-refractivity contribution in [3.8, 4) is 5.75 Å². The summed E-state index contributed by atoms with van der Waals surface area (Å²) in [6.45, 7) is 5.24. The van der Waals surface area contributed by atoms with Crippen LogP contribution in [0.3, 0.4) is 0 Å². The molecule has 0 spiro atoms. The van der Waals surface area contributed by atoms with Crippen LogP contribution in [0.1, 0.15) is 36.7 Å². The SMILES string of the molecule is CC1(C)CN(Cc2ccc(O)cc2)C(c2ccc(N)cc2)/C(=C\c2ccccn2)C1=O. The Morgan fingerprint density at radius 1 is 1.10 bits per heavy atom. The number of carbonyl (C=O) groups is 1. The summed E-state index contributed by atoms with van der Waals surface area (Å²) < 4.78 is 0. The first-order chi connectivity index (χ1) is 14.8. The normalized spacial score (nSPS) is 20.1. The van der Waals surface area contributed by atoms with Gasteiger partial charge in [0.1, 0.15) is 5.75 Å². The number of hydrogen-bond acceptors (Lipinski definition) is 5. The molecule has 5 nitrogen and oxygen atoms in total. The van der Waals surface area contributed by atoms with Gasteiger partial charge in [0.15, 0.2) is 5.78 Å². The Morgan fingerprint density at radius 2 is 1.81 bits per heavy atom. The Bertz CT molecular complexity index is 1090. The highest BCUT2D eigenvalue weighted by atomic mass is 16.3. The number of aromatic nitrogens is 1. The third-order valence-electron chi connectivity index (χ3n) is 5.70. The second-order valence-corrected chi connectivity index (χ2v) is 8.71. The molecule has 158 valence electrons. The maximum atomic E-state index is 13.6. The van der Waals surface area contributed by atoms with Gasteiger partial charge in [-0.1, -0.05) is 44.2 Å². The van der Waals surface area contributed by atoms with Gasteiger partial charge in [-0.25, -0.2) is 0 Å². The summed E-state index contributed by atoms with van der Waals surface area (Å²) in [4.78, 5) is 20.3. The van der Waals surface area contributed by atoms with Crippen LogP contribution in [0, 0.1) is 5.41 Å². The molecule has 0 saturated carbocycles. The highest BCUT2D eigenvalue weighted by Crippen LogP contribution is 2.42. The number of rotatable bonds is 4. The number of pyridine rings is 1. The number of nitrogen functional groups attached to an aromatic ring is 1. The van der Waals surface area contributed by atoms with Crippen molar-refractivity contribution in [3.63, 3.8) is 0 Å². The summed E-state index contributed by atoms with van der Waals surface area (Å²) >= 11 is 0. The quantitative estimate of drug-likeness (QED) is 0.482. The van der Waals surface area contributed by atoms with E-state index in [2.05, 4.69) is 9.88 Å². The van der Waals surface area contributed by atoms with Gasteiger partial charge in [0, 0.05) is 36.0 Å². The molecule has 1 saturated heterocycles. The standard InChI is InChI=1S/C26H27N3O2/c1-26(2)17-29(16-18-6-12-22(30)13-7-18)24(19-8-10-20(27)11-9-19)23(25(26)31)15-21-5-3-4-14-28-21/h3-15,24,30H,16-17,27H2,1-2H3/b23-15+. The Balaban J connectivity index is 1.82. The lowest BCUT2D eigenvalue weighted by Crippen LogP contribution is -2.49. The molecule has 0 bridgehead atoms. The summed E-state index contributed by atoms with van der Waals surface area (Å²) in [7, 11) is 0. The number of phenolic OH excluding ortho intramolecular Hbond substituents is 1. The molecule has 0 amide bonds. The molecule has 2 aromatic carbocycles. The molecule has 0 aliphatic carbocycles. The van der Waals surface area contributed by atoms with E-state index in [4.69, 9.17) is 5.73 Å². The predicted octanol–water partition coefficient (Wildman–Crippen LogP) is 4.61. The number of benzene rings is 2. The van der Waals surface area contributed by atoms with E-state index < -0.39 is 5.41 Å². The van der Waals surface area contributed by atoms with Crippen LogP contribution in [0.15, 0.2) is 78.5 Å². The van der Waals surface area contributed by atoms with E-state index in [1.807, 2.05) is 74.5 Å². The predicted molar refractivity (Wildman–Crippen MR) is 123 cm³/mol. The first kappa shape index (κ1) is 20.8. The molecule has 1 aliphatic heterocycles. The topological polar surface area (TPSA) is 79.4 Å². The molecule has 3 aromatic rings. The van der Waals surface area contributed by atoms with Crippen molar-refractivity contribution in [2.45, 2.75) is 26.4 Å². The first-order valence-electron chi connectivity index (χ1n) is 10.4. The fourth-order valence-electron chi connectivity index (χ4n) is 4.20. The third-order valence-corrected chi connectivity index (χ3v) is 5.70. The molecule has 1 aromatic heterocycles.